The van der Waals surface area contributed by atoms with E-state index in [1.54, 1.807) is 0 Å². The third-order valence-corrected chi connectivity index (χ3v) is 4.18. The number of nitrogens with zero attached hydrogens (tertiary/aromatic N) is 1. The topological polar surface area (TPSA) is 32.3 Å². The summed E-state index contributed by atoms with van der Waals surface area (Å²) in [4.78, 5) is 14.6. The molecule has 2 atom stereocenters. The molecule has 0 heterocycles. The second kappa shape index (κ2) is 7.93. The summed E-state index contributed by atoms with van der Waals surface area (Å²) in [6.45, 7) is 8.80. The molecule has 2 aromatic carbocycles. The zero-order valence-electron chi connectivity index (χ0n) is 14.4. The molecule has 1 N–H and O–H groups in total. The minimum atomic E-state index is -0.246. The number of nitrogens with one attached hydrogen (secondary N) is 1. The Morgan fingerprint density at radius 2 is 1.65 bits per heavy atom. The molecule has 0 aliphatic heterocycles. The van der Waals surface area contributed by atoms with Gasteiger partial charge in [0.25, 0.3) is 0 Å². The Morgan fingerprint density at radius 3 is 2.26 bits per heavy atom. The van der Waals surface area contributed by atoms with E-state index in [2.05, 4.69) is 31.3 Å². The minimum absolute atomic E-state index is 0.0964. The van der Waals surface area contributed by atoms with Crippen LogP contribution in [0.5, 0.6) is 0 Å². The first kappa shape index (κ1) is 17.2. The highest BCUT2D eigenvalue weighted by atomic mass is 16.2. The molecule has 2 rings (SSSR count). The van der Waals surface area contributed by atoms with Gasteiger partial charge in [0.05, 0.1) is 6.04 Å². The monoisotopic (exact) mass is 310 g/mol. The first-order valence-electron chi connectivity index (χ1n) is 8.22. The summed E-state index contributed by atoms with van der Waals surface area (Å²) in [5, 5.41) is 3.43. The van der Waals surface area contributed by atoms with Crippen molar-refractivity contribution in [2.24, 2.45) is 0 Å². The van der Waals surface area contributed by atoms with Gasteiger partial charge < -0.3 is 4.90 Å². The maximum Gasteiger partial charge on any atom is 0.243 e. The Bertz CT molecular complexity index is 639. The number of benzene rings is 2. The van der Waals surface area contributed by atoms with E-state index < -0.39 is 0 Å². The van der Waals surface area contributed by atoms with Crippen LogP contribution in [0.15, 0.2) is 54.6 Å². The van der Waals surface area contributed by atoms with Crippen LogP contribution in [-0.4, -0.2) is 18.5 Å². The number of para-hydroxylation sites is 1. The van der Waals surface area contributed by atoms with Gasteiger partial charge in [-0.2, -0.15) is 0 Å². The van der Waals surface area contributed by atoms with Crippen molar-refractivity contribution in [3.63, 3.8) is 0 Å². The molecule has 2 aromatic rings. The molecule has 0 aliphatic rings. The number of anilines is 1. The Morgan fingerprint density at radius 1 is 1.04 bits per heavy atom. The Labute approximate surface area is 139 Å². The molecule has 0 radical (unpaired) electrons. The number of hydrogen-bond donors (Lipinski definition) is 1. The summed E-state index contributed by atoms with van der Waals surface area (Å²) in [7, 11) is 0. The van der Waals surface area contributed by atoms with Gasteiger partial charge in [-0.05, 0) is 51.0 Å². The van der Waals surface area contributed by atoms with Gasteiger partial charge in [0.2, 0.25) is 5.91 Å². The van der Waals surface area contributed by atoms with Crippen molar-refractivity contribution in [3.05, 3.63) is 65.7 Å². The maximum atomic E-state index is 12.8. The van der Waals surface area contributed by atoms with Gasteiger partial charge in [-0.15, -0.1) is 0 Å². The van der Waals surface area contributed by atoms with E-state index >= 15 is 0 Å². The minimum Gasteiger partial charge on any atom is -0.311 e. The fourth-order valence-electron chi connectivity index (χ4n) is 2.92. The SMILES string of the molecule is CCN(C(=O)C(C)NC(C)c1ccccc1C)c1ccccc1. The molecule has 3 nitrogen and oxygen atoms in total. The smallest absolute Gasteiger partial charge is 0.243 e. The summed E-state index contributed by atoms with van der Waals surface area (Å²) in [5.74, 6) is 0.0964. The summed E-state index contributed by atoms with van der Waals surface area (Å²) in [6.07, 6.45) is 0. The molecule has 0 aromatic heterocycles. The van der Waals surface area contributed by atoms with Crippen molar-refractivity contribution in [1.82, 2.24) is 5.32 Å². The molecule has 23 heavy (non-hydrogen) atoms. The number of carbonyl (C=O) groups excluding carboxylic acids is 1. The lowest BCUT2D eigenvalue weighted by atomic mass is 10.0. The molecule has 0 spiro atoms. The standard InChI is InChI=1S/C20H26N2O/c1-5-22(18-12-7-6-8-13-18)20(23)17(4)21-16(3)19-14-10-9-11-15(19)2/h6-14,16-17,21H,5H2,1-4H3. The predicted molar refractivity (Wildman–Crippen MR) is 96.7 cm³/mol. The normalized spacial score (nSPS) is 13.4. The molecule has 2 unspecified atom stereocenters. The number of hydrogen-bond acceptors (Lipinski definition) is 2. The molecule has 0 saturated carbocycles. The van der Waals surface area contributed by atoms with E-state index in [1.165, 1.54) is 11.1 Å². The van der Waals surface area contributed by atoms with Crippen LogP contribution in [0.2, 0.25) is 0 Å². The quantitative estimate of drug-likeness (QED) is 0.871. The lowest BCUT2D eigenvalue weighted by Crippen LogP contribution is -2.45. The van der Waals surface area contributed by atoms with E-state index in [0.29, 0.717) is 6.54 Å². The largest absolute Gasteiger partial charge is 0.311 e. The van der Waals surface area contributed by atoms with Gasteiger partial charge in [-0.1, -0.05) is 42.5 Å². The predicted octanol–water partition coefficient (Wildman–Crippen LogP) is 4.09. The Hall–Kier alpha value is -2.13. The molecule has 0 bridgehead atoms. The van der Waals surface area contributed by atoms with Gasteiger partial charge in [-0.25, -0.2) is 0 Å². The third kappa shape index (κ3) is 4.20. The van der Waals surface area contributed by atoms with Crippen molar-refractivity contribution < 1.29 is 4.79 Å². The number of amides is 1. The van der Waals surface area contributed by atoms with Gasteiger partial charge in [0, 0.05) is 18.3 Å². The summed E-state index contributed by atoms with van der Waals surface area (Å²) >= 11 is 0. The molecule has 3 heteroatoms. The lowest BCUT2D eigenvalue weighted by Gasteiger charge is -2.27. The molecule has 122 valence electrons. The number of carbonyl (C=O) groups is 1. The van der Waals surface area contributed by atoms with Gasteiger partial charge >= 0.3 is 0 Å². The van der Waals surface area contributed by atoms with Gasteiger partial charge in [0.1, 0.15) is 0 Å². The van der Waals surface area contributed by atoms with Gasteiger partial charge in [0.15, 0.2) is 0 Å². The first-order chi connectivity index (χ1) is 11.0. The van der Waals surface area contributed by atoms with Crippen LogP contribution in [0.3, 0.4) is 0 Å². The van der Waals surface area contributed by atoms with Crippen molar-refractivity contribution in [3.8, 4) is 0 Å². The lowest BCUT2D eigenvalue weighted by molar-refractivity contribution is -0.120. The van der Waals surface area contributed by atoms with E-state index in [-0.39, 0.29) is 18.0 Å². The van der Waals surface area contributed by atoms with Gasteiger partial charge in [-0.3, -0.25) is 10.1 Å². The van der Waals surface area contributed by atoms with E-state index in [4.69, 9.17) is 0 Å². The van der Waals surface area contributed by atoms with Crippen LogP contribution >= 0.6 is 0 Å². The van der Waals surface area contributed by atoms with Crippen LogP contribution in [0.1, 0.15) is 37.9 Å². The molecular weight excluding hydrogens is 284 g/mol. The Kier molecular flexibility index (Phi) is 5.94. The zero-order valence-corrected chi connectivity index (χ0v) is 14.4. The van der Waals surface area contributed by atoms with Crippen molar-refractivity contribution in [1.29, 1.82) is 0 Å². The molecule has 0 saturated heterocycles. The van der Waals surface area contributed by atoms with E-state index in [0.717, 1.165) is 5.69 Å². The van der Waals surface area contributed by atoms with E-state index in [1.807, 2.05) is 61.2 Å². The fraction of sp³-hybridized carbons (Fsp3) is 0.350. The second-order valence-electron chi connectivity index (χ2n) is 5.88. The summed E-state index contributed by atoms with van der Waals surface area (Å²) in [5.41, 5.74) is 3.41. The zero-order chi connectivity index (χ0) is 16.8. The number of rotatable bonds is 6. The van der Waals surface area contributed by atoms with Crippen molar-refractivity contribution in [2.75, 3.05) is 11.4 Å². The highest BCUT2D eigenvalue weighted by Gasteiger charge is 2.22. The molecule has 0 fully saturated rings. The van der Waals surface area contributed by atoms with Crippen molar-refractivity contribution >= 4 is 11.6 Å². The molecular formula is C20H26N2O. The molecule has 1 amide bonds. The van der Waals surface area contributed by atoms with Crippen LogP contribution in [0.25, 0.3) is 0 Å². The average molecular weight is 310 g/mol. The van der Waals surface area contributed by atoms with E-state index in [9.17, 15) is 4.79 Å². The fourth-order valence-corrected chi connectivity index (χ4v) is 2.92. The summed E-state index contributed by atoms with van der Waals surface area (Å²) in [6, 6.07) is 18.0. The molecule has 0 aliphatic carbocycles. The van der Waals surface area contributed by atoms with Crippen LogP contribution in [0, 0.1) is 6.92 Å². The highest BCUT2D eigenvalue weighted by molar-refractivity contribution is 5.96. The third-order valence-electron chi connectivity index (χ3n) is 4.18. The van der Waals surface area contributed by atoms with Crippen LogP contribution in [-0.2, 0) is 4.79 Å². The maximum absolute atomic E-state index is 12.8. The Balaban J connectivity index is 2.08. The van der Waals surface area contributed by atoms with Crippen LogP contribution < -0.4 is 10.2 Å². The number of aryl methyl sites for hydroxylation is 1. The number of likely N-dealkylation sites (N-methyl/N-ethyl adjacent to an activating group) is 1. The average Bonchev–Trinajstić information content (AvgIpc) is 2.56. The summed E-state index contributed by atoms with van der Waals surface area (Å²) < 4.78 is 0. The first-order valence-corrected chi connectivity index (χ1v) is 8.22. The second-order valence-corrected chi connectivity index (χ2v) is 5.88. The van der Waals surface area contributed by atoms with Crippen LogP contribution in [0.4, 0.5) is 5.69 Å². The van der Waals surface area contributed by atoms with Crippen molar-refractivity contribution in [2.45, 2.75) is 39.8 Å². The highest BCUT2D eigenvalue weighted by Crippen LogP contribution is 2.19.